The van der Waals surface area contributed by atoms with Gasteiger partial charge in [0.25, 0.3) is 0 Å². The predicted octanol–water partition coefficient (Wildman–Crippen LogP) is -0.0142. The summed E-state index contributed by atoms with van der Waals surface area (Å²) in [5.41, 5.74) is 5.72. The molecule has 0 saturated carbocycles. The summed E-state index contributed by atoms with van der Waals surface area (Å²) in [6.07, 6.45) is 1.65. The number of aromatic amines is 1. The molecular formula is C6H7N3. The van der Waals surface area contributed by atoms with Crippen LogP contribution >= 0.6 is 0 Å². The minimum absolute atomic E-state index is 0.759. The Kier molecular flexibility index (Phi) is 1.41. The highest BCUT2D eigenvalue weighted by molar-refractivity contribution is 5.24. The van der Waals surface area contributed by atoms with E-state index >= 15 is 0 Å². The molecule has 0 unspecified atom stereocenters. The molecule has 1 aromatic rings. The van der Waals surface area contributed by atoms with Gasteiger partial charge in [-0.05, 0) is 12.8 Å². The maximum absolute atomic E-state index is 4.96. The van der Waals surface area contributed by atoms with E-state index in [4.69, 9.17) is 5.73 Å². The summed E-state index contributed by atoms with van der Waals surface area (Å²) in [6, 6.07) is 2.28. The van der Waals surface area contributed by atoms with E-state index in [0.29, 0.717) is 0 Å². The van der Waals surface area contributed by atoms with Gasteiger partial charge in [0.1, 0.15) is 11.5 Å². The number of hydrogen-bond donors (Lipinski definition) is 2. The predicted molar refractivity (Wildman–Crippen MR) is 34.4 cm³/mol. The van der Waals surface area contributed by atoms with Gasteiger partial charge in [0, 0.05) is 6.04 Å². The standard InChI is InChI=1S/C6H7N3/c1-5-8-4-6(9-5)2-3-7/h4H,7H2,1H3,(H,8,9). The second-order valence-electron chi connectivity index (χ2n) is 1.65. The summed E-state index contributed by atoms with van der Waals surface area (Å²) in [5.74, 6) is 3.49. The molecular weight excluding hydrogens is 114 g/mol. The molecule has 1 aromatic heterocycles. The van der Waals surface area contributed by atoms with Gasteiger partial charge in [-0.15, -0.1) is 0 Å². The fourth-order valence-electron chi connectivity index (χ4n) is 0.562. The van der Waals surface area contributed by atoms with E-state index in [1.807, 2.05) is 6.92 Å². The first-order chi connectivity index (χ1) is 4.33. The molecule has 1 rings (SSSR count). The second-order valence-corrected chi connectivity index (χ2v) is 1.65. The summed E-state index contributed by atoms with van der Waals surface area (Å²) < 4.78 is 0. The van der Waals surface area contributed by atoms with Gasteiger partial charge in [0.05, 0.1) is 6.20 Å². The van der Waals surface area contributed by atoms with Gasteiger partial charge in [-0.2, -0.15) is 0 Å². The summed E-state index contributed by atoms with van der Waals surface area (Å²) in [7, 11) is 0. The van der Waals surface area contributed by atoms with Crippen molar-refractivity contribution in [1.82, 2.24) is 9.97 Å². The third-order valence-corrected chi connectivity index (χ3v) is 0.910. The van der Waals surface area contributed by atoms with Crippen LogP contribution in [0.25, 0.3) is 0 Å². The number of imidazole rings is 1. The Morgan fingerprint density at radius 1 is 1.78 bits per heavy atom. The molecule has 0 bridgehead atoms. The lowest BCUT2D eigenvalue weighted by Gasteiger charge is -1.75. The summed E-state index contributed by atoms with van der Waals surface area (Å²) in [6.45, 7) is 1.86. The van der Waals surface area contributed by atoms with E-state index in [1.54, 1.807) is 6.20 Å². The zero-order valence-electron chi connectivity index (χ0n) is 5.10. The first-order valence-electron chi connectivity index (χ1n) is 2.56. The van der Waals surface area contributed by atoms with Gasteiger partial charge in [-0.3, -0.25) is 0 Å². The number of aromatic nitrogens is 2. The summed E-state index contributed by atoms with van der Waals surface area (Å²) >= 11 is 0. The Morgan fingerprint density at radius 3 is 3.00 bits per heavy atom. The maximum Gasteiger partial charge on any atom is 0.111 e. The van der Waals surface area contributed by atoms with Gasteiger partial charge < -0.3 is 10.7 Å². The fourth-order valence-corrected chi connectivity index (χ4v) is 0.562. The van der Waals surface area contributed by atoms with E-state index in [1.165, 1.54) is 0 Å². The molecule has 0 amide bonds. The molecule has 0 aromatic carbocycles. The molecule has 0 aliphatic heterocycles. The molecule has 0 fully saturated rings. The summed E-state index contributed by atoms with van der Waals surface area (Å²) in [4.78, 5) is 6.83. The molecule has 0 aliphatic carbocycles. The second kappa shape index (κ2) is 2.23. The van der Waals surface area contributed by atoms with Crippen molar-refractivity contribution in [2.24, 2.45) is 5.73 Å². The van der Waals surface area contributed by atoms with Crippen molar-refractivity contribution in [2.45, 2.75) is 6.92 Å². The number of nitrogens with zero attached hydrogens (tertiary/aromatic N) is 1. The van der Waals surface area contributed by atoms with Crippen molar-refractivity contribution in [2.75, 3.05) is 0 Å². The van der Waals surface area contributed by atoms with Crippen LogP contribution in [0.1, 0.15) is 11.5 Å². The number of rotatable bonds is 0. The van der Waals surface area contributed by atoms with E-state index in [9.17, 15) is 0 Å². The van der Waals surface area contributed by atoms with Gasteiger partial charge in [-0.1, -0.05) is 0 Å². The lowest BCUT2D eigenvalue weighted by molar-refractivity contribution is 1.14. The summed E-state index contributed by atoms with van der Waals surface area (Å²) in [5, 5.41) is 0. The van der Waals surface area contributed by atoms with Gasteiger partial charge in [0.2, 0.25) is 0 Å². The fraction of sp³-hybridized carbons (Fsp3) is 0.167. The normalized spacial score (nSPS) is 8.11. The van der Waals surface area contributed by atoms with E-state index in [-0.39, 0.29) is 0 Å². The Bertz CT molecular complexity index is 251. The monoisotopic (exact) mass is 121 g/mol. The van der Waals surface area contributed by atoms with Crippen LogP contribution in [-0.2, 0) is 0 Å². The molecule has 3 nitrogen and oxygen atoms in total. The molecule has 0 aliphatic rings. The molecule has 0 saturated heterocycles. The highest BCUT2D eigenvalue weighted by atomic mass is 14.9. The van der Waals surface area contributed by atoms with Crippen LogP contribution in [0, 0.1) is 18.9 Å². The lowest BCUT2D eigenvalue weighted by atomic mass is 10.5. The minimum atomic E-state index is 0.759. The first-order valence-corrected chi connectivity index (χ1v) is 2.56. The van der Waals surface area contributed by atoms with Crippen molar-refractivity contribution in [3.63, 3.8) is 0 Å². The third kappa shape index (κ3) is 1.23. The molecule has 46 valence electrons. The zero-order chi connectivity index (χ0) is 6.69. The molecule has 1 heterocycles. The zero-order valence-corrected chi connectivity index (χ0v) is 5.10. The van der Waals surface area contributed by atoms with Crippen molar-refractivity contribution in [3.8, 4) is 12.0 Å². The van der Waals surface area contributed by atoms with E-state index in [0.717, 1.165) is 11.5 Å². The number of H-pyrrole nitrogens is 1. The number of aryl methyl sites for hydroxylation is 1. The molecule has 0 spiro atoms. The lowest BCUT2D eigenvalue weighted by Crippen LogP contribution is -1.79. The van der Waals surface area contributed by atoms with Gasteiger partial charge in [-0.25, -0.2) is 4.98 Å². The van der Waals surface area contributed by atoms with Crippen LogP contribution in [-0.4, -0.2) is 9.97 Å². The van der Waals surface area contributed by atoms with Gasteiger partial charge >= 0.3 is 0 Å². The van der Waals surface area contributed by atoms with Crippen LogP contribution in [0.15, 0.2) is 6.20 Å². The Balaban J connectivity index is 2.93. The van der Waals surface area contributed by atoms with Crippen LogP contribution in [0.4, 0.5) is 0 Å². The topological polar surface area (TPSA) is 54.7 Å². The third-order valence-electron chi connectivity index (χ3n) is 0.910. The minimum Gasteiger partial charge on any atom is -0.359 e. The van der Waals surface area contributed by atoms with Crippen LogP contribution in [0.5, 0.6) is 0 Å². The number of nitrogens with one attached hydrogen (secondary N) is 1. The number of nitrogens with two attached hydrogens (primary N) is 1. The van der Waals surface area contributed by atoms with Crippen LogP contribution in [0.3, 0.4) is 0 Å². The Hall–Kier alpha value is -1.43. The van der Waals surface area contributed by atoms with E-state index in [2.05, 4.69) is 21.9 Å². The molecule has 0 radical (unpaired) electrons. The first kappa shape index (κ1) is 5.70. The van der Waals surface area contributed by atoms with Gasteiger partial charge in [0.15, 0.2) is 0 Å². The average Bonchev–Trinajstić information content (AvgIpc) is 2.17. The smallest absolute Gasteiger partial charge is 0.111 e. The quantitative estimate of drug-likeness (QED) is 0.374. The SMILES string of the molecule is Cc1ncc(C#CN)[nH]1. The van der Waals surface area contributed by atoms with E-state index < -0.39 is 0 Å². The molecule has 3 N–H and O–H groups in total. The van der Waals surface area contributed by atoms with Crippen LogP contribution in [0.2, 0.25) is 0 Å². The molecule has 3 heteroatoms. The average molecular weight is 121 g/mol. The maximum atomic E-state index is 4.96. The van der Waals surface area contributed by atoms with Crippen molar-refractivity contribution in [3.05, 3.63) is 17.7 Å². The van der Waals surface area contributed by atoms with Crippen molar-refractivity contribution < 1.29 is 0 Å². The number of hydrogen-bond acceptors (Lipinski definition) is 2. The Morgan fingerprint density at radius 2 is 2.56 bits per heavy atom. The largest absolute Gasteiger partial charge is 0.359 e. The van der Waals surface area contributed by atoms with Crippen LogP contribution < -0.4 is 5.73 Å². The van der Waals surface area contributed by atoms with Crippen molar-refractivity contribution >= 4 is 0 Å². The highest BCUT2D eigenvalue weighted by Crippen LogP contribution is 1.90. The molecule has 9 heavy (non-hydrogen) atoms. The highest BCUT2D eigenvalue weighted by Gasteiger charge is 1.88. The van der Waals surface area contributed by atoms with Crippen molar-refractivity contribution in [1.29, 1.82) is 0 Å². The Labute approximate surface area is 53.3 Å². The molecule has 0 atom stereocenters.